The molecule has 1 aromatic rings. The minimum Gasteiger partial charge on any atom is -0.477 e. The number of hydrogen-bond acceptors (Lipinski definition) is 4. The molecule has 1 atom stereocenters. The highest BCUT2D eigenvalue weighted by atomic mass is 16.4. The van der Waals surface area contributed by atoms with Crippen LogP contribution < -0.4 is 10.6 Å². The van der Waals surface area contributed by atoms with Gasteiger partial charge in [0.25, 0.3) is 5.91 Å². The molecule has 0 bridgehead atoms. The number of amides is 3. The molecule has 0 radical (unpaired) electrons. The standard InChI is InChI=1S/C13H15N3O4/c1-12(2,3)13(10(19)15-11(20)16-13)7-4-5-8(9(17)18)14-6-7/h4-6H,1-3H3,(H,17,18)(H2,15,16,19,20). The van der Waals surface area contributed by atoms with Crippen molar-refractivity contribution < 1.29 is 19.5 Å². The number of aromatic nitrogens is 1. The zero-order valence-corrected chi connectivity index (χ0v) is 11.4. The van der Waals surface area contributed by atoms with Gasteiger partial charge in [-0.05, 0) is 11.5 Å². The van der Waals surface area contributed by atoms with Crippen LogP contribution in [0, 0.1) is 5.41 Å². The summed E-state index contributed by atoms with van der Waals surface area (Å²) in [5.74, 6) is -1.62. The van der Waals surface area contributed by atoms with Crippen molar-refractivity contribution in [1.29, 1.82) is 0 Å². The lowest BCUT2D eigenvalue weighted by Crippen LogP contribution is -2.53. The van der Waals surface area contributed by atoms with Gasteiger partial charge < -0.3 is 10.4 Å². The Kier molecular flexibility index (Phi) is 3.00. The zero-order chi connectivity index (χ0) is 15.1. The lowest BCUT2D eigenvalue weighted by atomic mass is 9.69. The van der Waals surface area contributed by atoms with Crippen LogP contribution in [-0.2, 0) is 10.3 Å². The van der Waals surface area contributed by atoms with Crippen molar-refractivity contribution in [3.63, 3.8) is 0 Å². The predicted octanol–water partition coefficient (Wildman–Crippen LogP) is 0.861. The molecular weight excluding hydrogens is 262 g/mol. The monoisotopic (exact) mass is 277 g/mol. The molecule has 2 heterocycles. The van der Waals surface area contributed by atoms with E-state index in [1.165, 1.54) is 18.3 Å². The largest absolute Gasteiger partial charge is 0.477 e. The van der Waals surface area contributed by atoms with E-state index in [1.807, 2.05) is 20.8 Å². The second-order valence-electron chi connectivity index (χ2n) is 5.65. The van der Waals surface area contributed by atoms with Gasteiger partial charge in [0.1, 0.15) is 5.69 Å². The number of aromatic carboxylic acids is 1. The molecule has 0 saturated carbocycles. The lowest BCUT2D eigenvalue weighted by molar-refractivity contribution is -0.128. The number of urea groups is 1. The van der Waals surface area contributed by atoms with Gasteiger partial charge in [-0.2, -0.15) is 0 Å². The van der Waals surface area contributed by atoms with Crippen LogP contribution in [-0.4, -0.2) is 28.0 Å². The van der Waals surface area contributed by atoms with Crippen molar-refractivity contribution >= 4 is 17.9 Å². The molecule has 1 fully saturated rings. The summed E-state index contributed by atoms with van der Waals surface area (Å²) in [6.07, 6.45) is 1.31. The van der Waals surface area contributed by atoms with E-state index in [0.29, 0.717) is 5.56 Å². The summed E-state index contributed by atoms with van der Waals surface area (Å²) >= 11 is 0. The van der Waals surface area contributed by atoms with E-state index >= 15 is 0 Å². The molecule has 2 rings (SSSR count). The van der Waals surface area contributed by atoms with Crippen molar-refractivity contribution in [3.8, 4) is 0 Å². The Morgan fingerprint density at radius 2 is 1.95 bits per heavy atom. The van der Waals surface area contributed by atoms with Crippen molar-refractivity contribution in [3.05, 3.63) is 29.6 Å². The molecular formula is C13H15N3O4. The third-order valence-electron chi connectivity index (χ3n) is 3.41. The predicted molar refractivity (Wildman–Crippen MR) is 69.0 cm³/mol. The van der Waals surface area contributed by atoms with Gasteiger partial charge in [0, 0.05) is 11.8 Å². The number of carboxylic acids is 1. The van der Waals surface area contributed by atoms with Crippen molar-refractivity contribution in [1.82, 2.24) is 15.6 Å². The molecule has 7 heteroatoms. The van der Waals surface area contributed by atoms with Gasteiger partial charge in [-0.3, -0.25) is 10.1 Å². The highest BCUT2D eigenvalue weighted by molar-refractivity contribution is 6.08. The average molecular weight is 277 g/mol. The molecule has 1 aliphatic heterocycles. The Bertz CT molecular complexity index is 589. The van der Waals surface area contributed by atoms with E-state index < -0.39 is 28.9 Å². The van der Waals surface area contributed by atoms with E-state index in [9.17, 15) is 14.4 Å². The number of carbonyl (C=O) groups is 3. The van der Waals surface area contributed by atoms with Gasteiger partial charge in [0.2, 0.25) is 0 Å². The van der Waals surface area contributed by atoms with Crippen LogP contribution in [0.15, 0.2) is 18.3 Å². The maximum atomic E-state index is 12.2. The van der Waals surface area contributed by atoms with Crippen LogP contribution in [0.2, 0.25) is 0 Å². The number of carboxylic acid groups (broad SMARTS) is 1. The molecule has 0 aromatic carbocycles. The minimum absolute atomic E-state index is 0.123. The molecule has 106 valence electrons. The first-order valence-corrected chi connectivity index (χ1v) is 6.02. The van der Waals surface area contributed by atoms with E-state index in [2.05, 4.69) is 15.6 Å². The number of nitrogens with zero attached hydrogens (tertiary/aromatic N) is 1. The summed E-state index contributed by atoms with van der Waals surface area (Å²) in [6, 6.07) is 2.22. The number of hydrogen-bond donors (Lipinski definition) is 3. The molecule has 1 saturated heterocycles. The summed E-state index contributed by atoms with van der Waals surface area (Å²) in [5.41, 5.74) is -1.56. The number of carbonyl (C=O) groups excluding carboxylic acids is 2. The molecule has 1 unspecified atom stereocenters. The second-order valence-corrected chi connectivity index (χ2v) is 5.65. The molecule has 0 spiro atoms. The highest BCUT2D eigenvalue weighted by Crippen LogP contribution is 2.41. The van der Waals surface area contributed by atoms with Crippen LogP contribution in [0.25, 0.3) is 0 Å². The fourth-order valence-corrected chi connectivity index (χ4v) is 2.36. The Hall–Kier alpha value is -2.44. The minimum atomic E-state index is -1.27. The number of rotatable bonds is 2. The Balaban J connectivity index is 2.56. The van der Waals surface area contributed by atoms with Crippen molar-refractivity contribution in [2.45, 2.75) is 26.3 Å². The first-order chi connectivity index (χ1) is 9.18. The molecule has 7 nitrogen and oxygen atoms in total. The topological polar surface area (TPSA) is 108 Å². The molecule has 3 N–H and O–H groups in total. The highest BCUT2D eigenvalue weighted by Gasteiger charge is 2.55. The van der Waals surface area contributed by atoms with Gasteiger partial charge in [0.15, 0.2) is 5.54 Å². The first kappa shape index (κ1) is 14.0. The fourth-order valence-electron chi connectivity index (χ4n) is 2.36. The van der Waals surface area contributed by atoms with E-state index in [1.54, 1.807) is 0 Å². The van der Waals surface area contributed by atoms with Crippen LogP contribution in [0.3, 0.4) is 0 Å². The summed E-state index contributed by atoms with van der Waals surface area (Å²) in [4.78, 5) is 38.4. The van der Waals surface area contributed by atoms with Crippen molar-refractivity contribution in [2.75, 3.05) is 0 Å². The van der Waals surface area contributed by atoms with Crippen LogP contribution >= 0.6 is 0 Å². The third-order valence-corrected chi connectivity index (χ3v) is 3.41. The number of imide groups is 1. The lowest BCUT2D eigenvalue weighted by Gasteiger charge is -2.38. The van der Waals surface area contributed by atoms with Crippen LogP contribution in [0.4, 0.5) is 4.79 Å². The molecule has 1 aliphatic rings. The number of nitrogens with one attached hydrogen (secondary N) is 2. The van der Waals surface area contributed by atoms with Crippen LogP contribution in [0.1, 0.15) is 36.8 Å². The van der Waals surface area contributed by atoms with Gasteiger partial charge in [0.05, 0.1) is 0 Å². The molecule has 20 heavy (non-hydrogen) atoms. The number of pyridine rings is 1. The van der Waals surface area contributed by atoms with Crippen LogP contribution in [0.5, 0.6) is 0 Å². The summed E-state index contributed by atoms with van der Waals surface area (Å²) in [7, 11) is 0. The van der Waals surface area contributed by atoms with Crippen molar-refractivity contribution in [2.24, 2.45) is 5.41 Å². The smallest absolute Gasteiger partial charge is 0.354 e. The quantitative estimate of drug-likeness (QED) is 0.695. The summed E-state index contributed by atoms with van der Waals surface area (Å²) in [6.45, 7) is 5.43. The SMILES string of the molecule is CC(C)(C)C1(c2ccc(C(=O)O)nc2)NC(=O)NC1=O. The van der Waals surface area contributed by atoms with E-state index in [0.717, 1.165) is 0 Å². The molecule has 1 aromatic heterocycles. The maximum Gasteiger partial charge on any atom is 0.354 e. The zero-order valence-electron chi connectivity index (χ0n) is 11.4. The van der Waals surface area contributed by atoms with Gasteiger partial charge in [-0.15, -0.1) is 0 Å². The average Bonchev–Trinajstić information content (AvgIpc) is 2.65. The summed E-state index contributed by atoms with van der Waals surface area (Å²) in [5, 5.41) is 13.7. The Morgan fingerprint density at radius 1 is 1.30 bits per heavy atom. The summed E-state index contributed by atoms with van der Waals surface area (Å²) < 4.78 is 0. The maximum absolute atomic E-state index is 12.2. The first-order valence-electron chi connectivity index (χ1n) is 6.02. The Labute approximate surface area is 115 Å². The molecule has 0 aliphatic carbocycles. The van der Waals surface area contributed by atoms with E-state index in [4.69, 9.17) is 5.11 Å². The normalized spacial score (nSPS) is 22.4. The fraction of sp³-hybridized carbons (Fsp3) is 0.385. The second kappa shape index (κ2) is 4.29. The third kappa shape index (κ3) is 1.91. The van der Waals surface area contributed by atoms with Gasteiger partial charge >= 0.3 is 12.0 Å². The Morgan fingerprint density at radius 3 is 2.30 bits per heavy atom. The van der Waals surface area contributed by atoms with E-state index in [-0.39, 0.29) is 5.69 Å². The van der Waals surface area contributed by atoms with Gasteiger partial charge in [-0.25, -0.2) is 14.6 Å². The van der Waals surface area contributed by atoms with Gasteiger partial charge in [-0.1, -0.05) is 26.8 Å². The molecule has 3 amide bonds.